The van der Waals surface area contributed by atoms with Gasteiger partial charge in [-0.1, -0.05) is 11.3 Å². The Labute approximate surface area is 95.7 Å². The van der Waals surface area contributed by atoms with E-state index in [2.05, 4.69) is 15.0 Å². The van der Waals surface area contributed by atoms with E-state index in [9.17, 15) is 0 Å². The van der Waals surface area contributed by atoms with Crippen molar-refractivity contribution >= 4 is 23.1 Å². The highest BCUT2D eigenvalue weighted by Gasteiger charge is 2.05. The van der Waals surface area contributed by atoms with Crippen LogP contribution in [0, 0.1) is 0 Å². The Kier molecular flexibility index (Phi) is 3.15. The largest absolute Gasteiger partial charge is 0.508 e. The van der Waals surface area contributed by atoms with Gasteiger partial charge in [0.05, 0.1) is 6.54 Å². The molecule has 0 bridgehead atoms. The molecule has 2 rings (SSSR count). The topological polar surface area (TPSA) is 58.0 Å². The molecule has 0 saturated heterocycles. The minimum atomic E-state index is 0.242. The Balaban J connectivity index is 2.25. The summed E-state index contributed by atoms with van der Waals surface area (Å²) in [6.07, 6.45) is 0. The van der Waals surface area contributed by atoms with E-state index >= 15 is 0 Å². The fourth-order valence-electron chi connectivity index (χ4n) is 1.10. The first-order valence-corrected chi connectivity index (χ1v) is 5.44. The average Bonchev–Trinajstić information content (AvgIpc) is 2.68. The number of hydrogen-bond donors (Lipinski definition) is 2. The van der Waals surface area contributed by atoms with Crippen LogP contribution in [0.5, 0.6) is 5.75 Å². The highest BCUT2D eigenvalue weighted by Crippen LogP contribution is 2.24. The predicted molar refractivity (Wildman–Crippen MR) is 59.7 cm³/mol. The van der Waals surface area contributed by atoms with E-state index in [0.717, 1.165) is 15.6 Å². The van der Waals surface area contributed by atoms with Crippen molar-refractivity contribution < 1.29 is 5.11 Å². The molecule has 0 unspecified atom stereocenters. The summed E-state index contributed by atoms with van der Waals surface area (Å²) in [4.78, 5) is 2.50. The third-order valence-electron chi connectivity index (χ3n) is 1.80. The van der Waals surface area contributed by atoms with Crippen LogP contribution in [0.2, 0.25) is 0 Å². The summed E-state index contributed by atoms with van der Waals surface area (Å²) in [7, 11) is 0. The Morgan fingerprint density at radius 2 is 2.00 bits per heavy atom. The van der Waals surface area contributed by atoms with Crippen molar-refractivity contribution in [2.45, 2.75) is 6.54 Å². The summed E-state index contributed by atoms with van der Waals surface area (Å²) < 4.78 is 0. The van der Waals surface area contributed by atoms with E-state index in [1.54, 1.807) is 24.3 Å². The van der Waals surface area contributed by atoms with Gasteiger partial charge in [0.15, 0.2) is 0 Å². The van der Waals surface area contributed by atoms with Crippen LogP contribution in [-0.2, 0) is 6.54 Å². The molecule has 0 aliphatic carbocycles. The summed E-state index contributed by atoms with van der Waals surface area (Å²) in [5.74, 6) is 0.242. The average molecular weight is 242 g/mol. The van der Waals surface area contributed by atoms with E-state index in [0.29, 0.717) is 6.54 Å². The van der Waals surface area contributed by atoms with Crippen molar-refractivity contribution in [2.24, 2.45) is 0 Å². The minimum Gasteiger partial charge on any atom is -0.508 e. The molecule has 0 amide bonds. The van der Waals surface area contributed by atoms with Gasteiger partial charge in [-0.05, 0) is 36.0 Å². The van der Waals surface area contributed by atoms with E-state index in [1.807, 2.05) is 0 Å². The molecule has 0 atom stereocenters. The second-order valence-electron chi connectivity index (χ2n) is 2.86. The lowest BCUT2D eigenvalue weighted by Crippen LogP contribution is -1.96. The highest BCUT2D eigenvalue weighted by molar-refractivity contribution is 7.14. The molecule has 0 fully saturated rings. The van der Waals surface area contributed by atoms with Gasteiger partial charge in [-0.15, -0.1) is 10.2 Å². The monoisotopic (exact) mass is 241 g/mol. The molecule has 6 heteroatoms. The van der Waals surface area contributed by atoms with Crippen LogP contribution in [0.1, 0.15) is 5.01 Å². The van der Waals surface area contributed by atoms with Gasteiger partial charge in [0.1, 0.15) is 15.8 Å². The fourth-order valence-corrected chi connectivity index (χ4v) is 2.09. The highest BCUT2D eigenvalue weighted by atomic mass is 35.5. The molecule has 1 aromatic carbocycles. The number of benzene rings is 1. The van der Waals surface area contributed by atoms with Crippen molar-refractivity contribution in [2.75, 3.05) is 0 Å². The Bertz CT molecular complexity index is 443. The summed E-state index contributed by atoms with van der Waals surface area (Å²) in [6, 6.07) is 6.84. The molecule has 0 aliphatic heterocycles. The zero-order valence-electron chi connectivity index (χ0n) is 7.64. The number of rotatable bonds is 3. The van der Waals surface area contributed by atoms with Crippen molar-refractivity contribution in [3.8, 4) is 16.3 Å². The van der Waals surface area contributed by atoms with E-state index < -0.39 is 0 Å². The summed E-state index contributed by atoms with van der Waals surface area (Å²) >= 11 is 6.83. The maximum atomic E-state index is 9.13. The molecule has 1 aromatic heterocycles. The van der Waals surface area contributed by atoms with Gasteiger partial charge in [0.25, 0.3) is 0 Å². The Hall–Kier alpha value is -1.17. The maximum Gasteiger partial charge on any atom is 0.147 e. The van der Waals surface area contributed by atoms with Crippen LogP contribution in [0.25, 0.3) is 10.6 Å². The summed E-state index contributed by atoms with van der Waals surface area (Å²) in [6.45, 7) is 0.497. The van der Waals surface area contributed by atoms with Gasteiger partial charge >= 0.3 is 0 Å². The van der Waals surface area contributed by atoms with Crippen molar-refractivity contribution in [3.05, 3.63) is 29.3 Å². The van der Waals surface area contributed by atoms with E-state index in [4.69, 9.17) is 16.9 Å². The first kappa shape index (κ1) is 10.4. The molecule has 0 saturated carbocycles. The van der Waals surface area contributed by atoms with Gasteiger partial charge < -0.3 is 5.11 Å². The van der Waals surface area contributed by atoms with Crippen molar-refractivity contribution in [1.82, 2.24) is 15.0 Å². The summed E-state index contributed by atoms with van der Waals surface area (Å²) in [5, 5.41) is 18.8. The Morgan fingerprint density at radius 3 is 2.67 bits per heavy atom. The van der Waals surface area contributed by atoms with Gasteiger partial charge in [0.2, 0.25) is 0 Å². The van der Waals surface area contributed by atoms with Crippen LogP contribution in [-0.4, -0.2) is 15.3 Å². The first-order valence-electron chi connectivity index (χ1n) is 4.25. The van der Waals surface area contributed by atoms with Crippen LogP contribution in [0.3, 0.4) is 0 Å². The molecule has 1 heterocycles. The van der Waals surface area contributed by atoms with Gasteiger partial charge in [-0.25, -0.2) is 4.84 Å². The second-order valence-corrected chi connectivity index (χ2v) is 4.19. The number of hydrogen-bond acceptors (Lipinski definition) is 5. The molecule has 0 aliphatic rings. The number of aromatic nitrogens is 2. The van der Waals surface area contributed by atoms with Gasteiger partial charge in [-0.2, -0.15) is 0 Å². The standard InChI is InChI=1S/C9H8ClN3OS/c10-11-5-8-12-13-9(15-8)6-1-3-7(14)4-2-6/h1-4,11,14H,5H2. The maximum absolute atomic E-state index is 9.13. The number of aromatic hydroxyl groups is 1. The molecular weight excluding hydrogens is 234 g/mol. The molecule has 78 valence electrons. The lowest BCUT2D eigenvalue weighted by atomic mass is 10.2. The van der Waals surface area contributed by atoms with Crippen LogP contribution in [0.15, 0.2) is 24.3 Å². The predicted octanol–water partition coefficient (Wildman–Crippen LogP) is 2.15. The smallest absolute Gasteiger partial charge is 0.147 e. The van der Waals surface area contributed by atoms with Crippen LogP contribution in [0.4, 0.5) is 0 Å². The normalized spacial score (nSPS) is 10.5. The van der Waals surface area contributed by atoms with E-state index in [-0.39, 0.29) is 5.75 Å². The zero-order chi connectivity index (χ0) is 10.7. The van der Waals surface area contributed by atoms with E-state index in [1.165, 1.54) is 11.3 Å². The van der Waals surface area contributed by atoms with Crippen LogP contribution < -0.4 is 4.84 Å². The molecule has 0 spiro atoms. The number of nitrogens with one attached hydrogen (secondary N) is 1. The molecular formula is C9H8ClN3OS. The second kappa shape index (κ2) is 4.57. The molecule has 0 radical (unpaired) electrons. The van der Waals surface area contributed by atoms with Crippen molar-refractivity contribution in [1.29, 1.82) is 0 Å². The lowest BCUT2D eigenvalue weighted by molar-refractivity contribution is 0.475. The number of nitrogens with zero attached hydrogens (tertiary/aromatic N) is 2. The fraction of sp³-hybridized carbons (Fsp3) is 0.111. The van der Waals surface area contributed by atoms with Gasteiger partial charge in [0, 0.05) is 5.56 Å². The lowest BCUT2D eigenvalue weighted by Gasteiger charge is -1.94. The summed E-state index contributed by atoms with van der Waals surface area (Å²) in [5.41, 5.74) is 0.936. The first-order chi connectivity index (χ1) is 7.29. The number of halogens is 1. The van der Waals surface area contributed by atoms with Crippen LogP contribution >= 0.6 is 23.1 Å². The van der Waals surface area contributed by atoms with Crippen molar-refractivity contribution in [3.63, 3.8) is 0 Å². The molecule has 2 aromatic rings. The molecule has 2 N–H and O–H groups in total. The third-order valence-corrected chi connectivity index (χ3v) is 2.91. The molecule has 15 heavy (non-hydrogen) atoms. The SMILES string of the molecule is Oc1ccc(-c2nnc(CNCl)s2)cc1. The number of phenolic OH excluding ortho intramolecular Hbond substituents is 1. The third kappa shape index (κ3) is 2.44. The zero-order valence-corrected chi connectivity index (χ0v) is 9.22. The molecule has 4 nitrogen and oxygen atoms in total. The number of phenols is 1. The quantitative estimate of drug-likeness (QED) is 0.809. The Morgan fingerprint density at radius 1 is 1.27 bits per heavy atom. The van der Waals surface area contributed by atoms with Gasteiger partial charge in [-0.3, -0.25) is 0 Å². The minimum absolute atomic E-state index is 0.242.